The van der Waals surface area contributed by atoms with E-state index in [-0.39, 0.29) is 5.91 Å². The van der Waals surface area contributed by atoms with E-state index in [1.807, 2.05) is 18.5 Å². The van der Waals surface area contributed by atoms with Gasteiger partial charge in [0, 0.05) is 13.1 Å². The van der Waals surface area contributed by atoms with Crippen molar-refractivity contribution in [2.75, 3.05) is 19.6 Å². The monoisotopic (exact) mass is 344 g/mol. The van der Waals surface area contributed by atoms with E-state index in [0.29, 0.717) is 12.5 Å². The van der Waals surface area contributed by atoms with Crippen LogP contribution in [-0.4, -0.2) is 50.7 Å². The number of aromatic nitrogens is 3. The fourth-order valence-corrected chi connectivity index (χ4v) is 4.18. The number of nitriles is 1. The van der Waals surface area contributed by atoms with Gasteiger partial charge in [-0.05, 0) is 64.8 Å². The quantitative estimate of drug-likeness (QED) is 0.876. The van der Waals surface area contributed by atoms with Gasteiger partial charge >= 0.3 is 0 Å². The fourth-order valence-electron chi connectivity index (χ4n) is 4.18. The van der Waals surface area contributed by atoms with Gasteiger partial charge in [0.15, 0.2) is 0 Å². The molecule has 1 aromatic rings. The molecule has 0 unspecified atom stereocenters. The molecule has 2 aliphatic rings. The second-order valence-electron chi connectivity index (χ2n) is 7.58. The van der Waals surface area contributed by atoms with Crippen LogP contribution in [0.2, 0.25) is 0 Å². The predicted octanol–water partition coefficient (Wildman–Crippen LogP) is 1.56. The average Bonchev–Trinajstić information content (AvgIpc) is 3.15. The topological polar surface area (TPSA) is 86.8 Å². The zero-order valence-corrected chi connectivity index (χ0v) is 15.3. The van der Waals surface area contributed by atoms with Gasteiger partial charge in [-0.15, -0.1) is 0 Å². The van der Waals surface area contributed by atoms with Crippen molar-refractivity contribution in [2.45, 2.75) is 64.5 Å². The molecule has 1 aliphatic carbocycles. The lowest BCUT2D eigenvalue weighted by molar-refractivity contribution is -0.124. The first kappa shape index (κ1) is 17.9. The Labute approximate surface area is 149 Å². The van der Waals surface area contributed by atoms with Crippen LogP contribution < -0.4 is 5.32 Å². The lowest BCUT2D eigenvalue weighted by Gasteiger charge is -2.33. The summed E-state index contributed by atoms with van der Waals surface area (Å²) >= 11 is 0. The largest absolute Gasteiger partial charge is 0.337 e. The van der Waals surface area contributed by atoms with Crippen LogP contribution in [0.5, 0.6) is 0 Å². The number of piperidine rings is 1. The number of aryl methyl sites for hydroxylation is 2. The fraction of sp³-hybridized carbons (Fsp3) is 0.778. The number of hydrogen-bond acceptors (Lipinski definition) is 5. The van der Waals surface area contributed by atoms with E-state index >= 15 is 0 Å². The van der Waals surface area contributed by atoms with Gasteiger partial charge in [0.2, 0.25) is 5.91 Å². The molecule has 2 fully saturated rings. The molecule has 7 heteroatoms. The second kappa shape index (κ2) is 7.52. The Hall–Kier alpha value is -1.94. The Morgan fingerprint density at radius 1 is 1.36 bits per heavy atom. The van der Waals surface area contributed by atoms with Crippen molar-refractivity contribution in [3.63, 3.8) is 0 Å². The van der Waals surface area contributed by atoms with Crippen molar-refractivity contribution >= 4 is 5.91 Å². The average molecular weight is 344 g/mol. The van der Waals surface area contributed by atoms with Crippen molar-refractivity contribution in [3.05, 3.63) is 11.6 Å². The van der Waals surface area contributed by atoms with Gasteiger partial charge in [-0.1, -0.05) is 0 Å². The zero-order valence-electron chi connectivity index (χ0n) is 15.3. The van der Waals surface area contributed by atoms with Gasteiger partial charge in [-0.3, -0.25) is 9.69 Å². The number of carbonyl (C=O) groups is 1. The van der Waals surface area contributed by atoms with E-state index in [0.717, 1.165) is 69.8 Å². The molecule has 1 amide bonds. The van der Waals surface area contributed by atoms with Crippen LogP contribution >= 0.6 is 0 Å². The molecule has 1 aromatic heterocycles. The first-order valence-electron chi connectivity index (χ1n) is 9.32. The number of hydrogen-bond donors (Lipinski definition) is 1. The summed E-state index contributed by atoms with van der Waals surface area (Å²) in [6.07, 6.45) is 5.85. The smallest absolute Gasteiger partial charge is 0.235 e. The van der Waals surface area contributed by atoms with E-state index < -0.39 is 5.54 Å². The second-order valence-corrected chi connectivity index (χ2v) is 7.58. The maximum Gasteiger partial charge on any atom is 0.235 e. The van der Waals surface area contributed by atoms with Crippen LogP contribution in [0.4, 0.5) is 0 Å². The van der Waals surface area contributed by atoms with Crippen molar-refractivity contribution in [2.24, 2.45) is 5.92 Å². The summed E-state index contributed by atoms with van der Waals surface area (Å²) in [5.74, 6) is 2.22. The number of rotatable bonds is 5. The standard InChI is InChI=1S/C18H28N6O/c1-14-20-15(2)24(22-14)11-16-6-5-9-23(10-16)12-17(25)21-18(13-19)7-3-4-8-18/h16H,3-12H2,1-2H3,(H,21,25)/t16-/m1/s1. The van der Waals surface area contributed by atoms with Crippen LogP contribution in [0, 0.1) is 31.1 Å². The maximum atomic E-state index is 12.4. The van der Waals surface area contributed by atoms with E-state index in [1.54, 1.807) is 0 Å². The summed E-state index contributed by atoms with van der Waals surface area (Å²) in [7, 11) is 0. The lowest BCUT2D eigenvalue weighted by Crippen LogP contribution is -2.50. The van der Waals surface area contributed by atoms with E-state index in [4.69, 9.17) is 0 Å². The Bertz CT molecular complexity index is 655. The van der Waals surface area contributed by atoms with Gasteiger partial charge < -0.3 is 5.32 Å². The summed E-state index contributed by atoms with van der Waals surface area (Å²) in [5.41, 5.74) is -0.623. The molecule has 3 rings (SSSR count). The molecule has 1 N–H and O–H groups in total. The minimum absolute atomic E-state index is 0.0168. The molecule has 0 aromatic carbocycles. The summed E-state index contributed by atoms with van der Waals surface area (Å²) in [4.78, 5) is 19.0. The molecule has 0 spiro atoms. The molecule has 2 heterocycles. The molecular formula is C18H28N6O. The molecule has 7 nitrogen and oxygen atoms in total. The van der Waals surface area contributed by atoms with Gasteiger partial charge in [-0.2, -0.15) is 10.4 Å². The van der Waals surface area contributed by atoms with Crippen molar-refractivity contribution in [1.82, 2.24) is 25.0 Å². The maximum absolute atomic E-state index is 12.4. The molecular weight excluding hydrogens is 316 g/mol. The van der Waals surface area contributed by atoms with Crippen molar-refractivity contribution in [1.29, 1.82) is 5.26 Å². The number of amides is 1. The van der Waals surface area contributed by atoms with E-state index in [2.05, 4.69) is 26.4 Å². The van der Waals surface area contributed by atoms with Gasteiger partial charge in [-0.25, -0.2) is 9.67 Å². The third-order valence-corrected chi connectivity index (χ3v) is 5.41. The molecule has 0 bridgehead atoms. The Kier molecular flexibility index (Phi) is 5.38. The van der Waals surface area contributed by atoms with Gasteiger partial charge in [0.05, 0.1) is 12.6 Å². The minimum atomic E-state index is -0.623. The molecule has 1 saturated heterocycles. The number of carbonyl (C=O) groups excluding carboxylic acids is 1. The summed E-state index contributed by atoms with van der Waals surface area (Å²) in [6.45, 7) is 6.97. The Balaban J connectivity index is 1.52. The van der Waals surface area contributed by atoms with Gasteiger partial charge in [0.1, 0.15) is 17.2 Å². The highest BCUT2D eigenvalue weighted by molar-refractivity contribution is 5.79. The molecule has 25 heavy (non-hydrogen) atoms. The van der Waals surface area contributed by atoms with Crippen LogP contribution in [0.15, 0.2) is 0 Å². The highest BCUT2D eigenvalue weighted by Crippen LogP contribution is 2.29. The number of nitrogens with one attached hydrogen (secondary N) is 1. The SMILES string of the molecule is Cc1nc(C)n(C[C@@H]2CCCN(CC(=O)NC3(C#N)CCCC3)C2)n1. The first-order valence-corrected chi connectivity index (χ1v) is 9.32. The molecule has 1 atom stereocenters. The van der Waals surface area contributed by atoms with E-state index in [1.165, 1.54) is 0 Å². The van der Waals surface area contributed by atoms with Crippen LogP contribution in [0.1, 0.15) is 50.2 Å². The molecule has 136 valence electrons. The van der Waals surface area contributed by atoms with Crippen LogP contribution in [-0.2, 0) is 11.3 Å². The zero-order chi connectivity index (χ0) is 17.9. The van der Waals surface area contributed by atoms with Crippen LogP contribution in [0.3, 0.4) is 0 Å². The molecule has 0 radical (unpaired) electrons. The lowest BCUT2D eigenvalue weighted by atomic mass is 9.97. The third-order valence-electron chi connectivity index (χ3n) is 5.41. The Morgan fingerprint density at radius 3 is 2.76 bits per heavy atom. The van der Waals surface area contributed by atoms with Gasteiger partial charge in [0.25, 0.3) is 0 Å². The molecule has 1 aliphatic heterocycles. The van der Waals surface area contributed by atoms with Crippen LogP contribution in [0.25, 0.3) is 0 Å². The normalized spacial score (nSPS) is 23.3. The number of nitrogens with zero attached hydrogens (tertiary/aromatic N) is 5. The van der Waals surface area contributed by atoms with Crippen molar-refractivity contribution < 1.29 is 4.79 Å². The summed E-state index contributed by atoms with van der Waals surface area (Å²) < 4.78 is 1.98. The highest BCUT2D eigenvalue weighted by atomic mass is 16.2. The summed E-state index contributed by atoms with van der Waals surface area (Å²) in [5, 5.41) is 16.9. The Morgan fingerprint density at radius 2 is 2.12 bits per heavy atom. The highest BCUT2D eigenvalue weighted by Gasteiger charge is 2.35. The predicted molar refractivity (Wildman–Crippen MR) is 93.6 cm³/mol. The minimum Gasteiger partial charge on any atom is -0.337 e. The molecule has 1 saturated carbocycles. The third kappa shape index (κ3) is 4.37. The summed E-state index contributed by atoms with van der Waals surface area (Å²) in [6, 6.07) is 2.33. The van der Waals surface area contributed by atoms with E-state index in [9.17, 15) is 10.1 Å². The first-order chi connectivity index (χ1) is 12.0. The number of likely N-dealkylation sites (tertiary alicyclic amines) is 1. The van der Waals surface area contributed by atoms with Crippen molar-refractivity contribution in [3.8, 4) is 6.07 Å².